The highest BCUT2D eigenvalue weighted by Crippen LogP contribution is 2.15. The molecule has 2 rings (SSSR count). The van der Waals surface area contributed by atoms with Crippen molar-refractivity contribution in [3.63, 3.8) is 0 Å². The molecule has 1 amide bonds. The predicted molar refractivity (Wildman–Crippen MR) is 77.2 cm³/mol. The molecule has 110 valence electrons. The zero-order chi connectivity index (χ0) is 14.4. The molecule has 1 saturated heterocycles. The first kappa shape index (κ1) is 14.8. The van der Waals surface area contributed by atoms with Crippen molar-refractivity contribution in [1.82, 2.24) is 10.2 Å². The summed E-state index contributed by atoms with van der Waals surface area (Å²) in [6.07, 6.45) is 4.74. The quantitative estimate of drug-likeness (QED) is 0.830. The van der Waals surface area contributed by atoms with Gasteiger partial charge in [-0.15, -0.1) is 0 Å². The highest BCUT2D eigenvalue weighted by Gasteiger charge is 2.28. The Labute approximate surface area is 119 Å². The Hall–Kier alpha value is -1.59. The van der Waals surface area contributed by atoms with Gasteiger partial charge < -0.3 is 14.5 Å². The van der Waals surface area contributed by atoms with Gasteiger partial charge in [-0.2, -0.15) is 0 Å². The summed E-state index contributed by atoms with van der Waals surface area (Å²) in [6, 6.07) is 3.60. The smallest absolute Gasteiger partial charge is 0.244 e. The summed E-state index contributed by atoms with van der Waals surface area (Å²) in [7, 11) is 0. The lowest BCUT2D eigenvalue weighted by Gasteiger charge is -2.40. The number of ether oxygens (including phenoxy) is 1. The van der Waals surface area contributed by atoms with Gasteiger partial charge >= 0.3 is 0 Å². The Morgan fingerprint density at radius 1 is 1.45 bits per heavy atom. The number of nitrogens with zero attached hydrogens (tertiary/aromatic N) is 1. The Kier molecular flexibility index (Phi) is 4.98. The molecule has 0 bridgehead atoms. The van der Waals surface area contributed by atoms with Gasteiger partial charge in [0.25, 0.3) is 0 Å². The molecular formula is C15H22N2O3. The SMILES string of the molecule is CC(C)(CNC(=O)/C=C/c1ccco1)N1CCOCC1. The number of carbonyl (C=O) groups is 1. The maximum Gasteiger partial charge on any atom is 0.244 e. The second kappa shape index (κ2) is 6.72. The summed E-state index contributed by atoms with van der Waals surface area (Å²) in [5.74, 6) is 0.565. The molecule has 0 unspecified atom stereocenters. The average molecular weight is 278 g/mol. The van der Waals surface area contributed by atoms with Gasteiger partial charge in [-0.05, 0) is 32.1 Å². The minimum Gasteiger partial charge on any atom is -0.465 e. The van der Waals surface area contributed by atoms with Crippen LogP contribution < -0.4 is 5.32 Å². The molecular weight excluding hydrogens is 256 g/mol. The van der Waals surface area contributed by atoms with Crippen molar-refractivity contribution in [3.05, 3.63) is 30.2 Å². The number of hydrogen-bond donors (Lipinski definition) is 1. The van der Waals surface area contributed by atoms with Crippen molar-refractivity contribution in [3.8, 4) is 0 Å². The molecule has 1 fully saturated rings. The van der Waals surface area contributed by atoms with Gasteiger partial charge in [-0.1, -0.05) is 0 Å². The van der Waals surface area contributed by atoms with Crippen LogP contribution in [0.4, 0.5) is 0 Å². The fourth-order valence-corrected chi connectivity index (χ4v) is 2.19. The maximum atomic E-state index is 11.8. The number of hydrogen-bond acceptors (Lipinski definition) is 4. The number of nitrogens with one attached hydrogen (secondary N) is 1. The highest BCUT2D eigenvalue weighted by molar-refractivity contribution is 5.91. The molecule has 0 saturated carbocycles. The van der Waals surface area contributed by atoms with E-state index in [0.29, 0.717) is 12.3 Å². The van der Waals surface area contributed by atoms with E-state index in [1.165, 1.54) is 6.08 Å². The largest absolute Gasteiger partial charge is 0.465 e. The summed E-state index contributed by atoms with van der Waals surface area (Å²) in [5.41, 5.74) is -0.0715. The predicted octanol–water partition coefficient (Wildman–Crippen LogP) is 1.52. The van der Waals surface area contributed by atoms with E-state index in [9.17, 15) is 4.79 Å². The molecule has 0 spiro atoms. The Balaban J connectivity index is 1.79. The summed E-state index contributed by atoms with van der Waals surface area (Å²) in [4.78, 5) is 14.1. The first-order chi connectivity index (χ1) is 9.58. The van der Waals surface area contributed by atoms with E-state index < -0.39 is 0 Å². The molecule has 5 heteroatoms. The Bertz CT molecular complexity index is 446. The number of furan rings is 1. The fourth-order valence-electron chi connectivity index (χ4n) is 2.19. The second-order valence-electron chi connectivity index (χ2n) is 5.48. The van der Waals surface area contributed by atoms with Crippen LogP contribution >= 0.6 is 0 Å². The Morgan fingerprint density at radius 3 is 2.85 bits per heavy atom. The van der Waals surface area contributed by atoms with E-state index >= 15 is 0 Å². The van der Waals surface area contributed by atoms with Crippen LogP contribution in [0.5, 0.6) is 0 Å². The second-order valence-corrected chi connectivity index (χ2v) is 5.48. The van der Waals surface area contributed by atoms with Crippen LogP contribution in [0, 0.1) is 0 Å². The van der Waals surface area contributed by atoms with Crippen molar-refractivity contribution in [2.24, 2.45) is 0 Å². The molecule has 2 heterocycles. The topological polar surface area (TPSA) is 54.7 Å². The summed E-state index contributed by atoms with van der Waals surface area (Å²) < 4.78 is 10.5. The van der Waals surface area contributed by atoms with Gasteiger partial charge in [0.15, 0.2) is 0 Å². The van der Waals surface area contributed by atoms with Gasteiger partial charge in [-0.25, -0.2) is 0 Å². The van der Waals surface area contributed by atoms with Crippen molar-refractivity contribution in [2.45, 2.75) is 19.4 Å². The average Bonchev–Trinajstić information content (AvgIpc) is 2.97. The van der Waals surface area contributed by atoms with Crippen LogP contribution in [0.3, 0.4) is 0 Å². The van der Waals surface area contributed by atoms with Crippen molar-refractivity contribution < 1.29 is 13.9 Å². The van der Waals surface area contributed by atoms with Crippen LogP contribution in [0.1, 0.15) is 19.6 Å². The summed E-state index contributed by atoms with van der Waals surface area (Å²) in [6.45, 7) is 8.21. The zero-order valence-electron chi connectivity index (χ0n) is 12.1. The normalized spacial score (nSPS) is 17.5. The Morgan fingerprint density at radius 2 is 2.20 bits per heavy atom. The minimum absolute atomic E-state index is 0.0715. The molecule has 5 nitrogen and oxygen atoms in total. The number of amides is 1. The minimum atomic E-state index is -0.109. The highest BCUT2D eigenvalue weighted by atomic mass is 16.5. The van der Waals surface area contributed by atoms with E-state index in [4.69, 9.17) is 9.15 Å². The first-order valence-corrected chi connectivity index (χ1v) is 6.90. The lowest BCUT2D eigenvalue weighted by Crippen LogP contribution is -2.55. The number of rotatable bonds is 5. The lowest BCUT2D eigenvalue weighted by atomic mass is 10.0. The van der Waals surface area contributed by atoms with Gasteiger partial charge in [0, 0.05) is 31.2 Å². The van der Waals surface area contributed by atoms with E-state index in [0.717, 1.165) is 26.3 Å². The van der Waals surface area contributed by atoms with E-state index in [1.54, 1.807) is 24.5 Å². The monoisotopic (exact) mass is 278 g/mol. The van der Waals surface area contributed by atoms with Gasteiger partial charge in [-0.3, -0.25) is 9.69 Å². The molecule has 1 N–H and O–H groups in total. The molecule has 1 aliphatic heterocycles. The third-order valence-corrected chi connectivity index (χ3v) is 3.50. The van der Waals surface area contributed by atoms with Crippen LogP contribution in [0.25, 0.3) is 6.08 Å². The first-order valence-electron chi connectivity index (χ1n) is 6.90. The van der Waals surface area contributed by atoms with Crippen molar-refractivity contribution >= 4 is 12.0 Å². The third-order valence-electron chi connectivity index (χ3n) is 3.50. The molecule has 0 aromatic carbocycles. The molecule has 1 aromatic rings. The van der Waals surface area contributed by atoms with Crippen molar-refractivity contribution in [1.29, 1.82) is 0 Å². The third kappa shape index (κ3) is 4.21. The van der Waals surface area contributed by atoms with Gasteiger partial charge in [0.05, 0.1) is 19.5 Å². The van der Waals surface area contributed by atoms with Crippen molar-refractivity contribution in [2.75, 3.05) is 32.8 Å². The van der Waals surface area contributed by atoms with Crippen LogP contribution in [-0.4, -0.2) is 49.2 Å². The standard InChI is InChI=1S/C15H22N2O3/c1-15(2,17-7-10-19-11-8-17)12-16-14(18)6-5-13-4-3-9-20-13/h3-6,9H,7-8,10-12H2,1-2H3,(H,16,18)/b6-5+. The summed E-state index contributed by atoms with van der Waals surface area (Å²) >= 11 is 0. The lowest BCUT2D eigenvalue weighted by molar-refractivity contribution is -0.117. The molecule has 0 atom stereocenters. The number of carbonyl (C=O) groups excluding carboxylic acids is 1. The summed E-state index contributed by atoms with van der Waals surface area (Å²) in [5, 5.41) is 2.93. The van der Waals surface area contributed by atoms with Crippen LogP contribution in [0.2, 0.25) is 0 Å². The maximum absolute atomic E-state index is 11.8. The van der Waals surface area contributed by atoms with E-state index in [-0.39, 0.29) is 11.4 Å². The fraction of sp³-hybridized carbons (Fsp3) is 0.533. The molecule has 1 aliphatic rings. The molecule has 20 heavy (non-hydrogen) atoms. The molecule has 1 aromatic heterocycles. The zero-order valence-corrected chi connectivity index (χ0v) is 12.1. The van der Waals surface area contributed by atoms with E-state index in [1.807, 2.05) is 0 Å². The van der Waals surface area contributed by atoms with Gasteiger partial charge in [0.2, 0.25) is 5.91 Å². The molecule has 0 aliphatic carbocycles. The van der Waals surface area contributed by atoms with Crippen LogP contribution in [0.15, 0.2) is 28.9 Å². The molecule has 0 radical (unpaired) electrons. The van der Waals surface area contributed by atoms with E-state index in [2.05, 4.69) is 24.1 Å². The van der Waals surface area contributed by atoms with Gasteiger partial charge in [0.1, 0.15) is 5.76 Å². The number of morpholine rings is 1. The van der Waals surface area contributed by atoms with Crippen LogP contribution in [-0.2, 0) is 9.53 Å².